The Morgan fingerprint density at radius 3 is 1.30 bits per heavy atom. The number of fused-ring (bicyclic) bond motifs is 4. The Balaban J connectivity index is 1.13. The van der Waals surface area contributed by atoms with Crippen LogP contribution < -0.4 is 0 Å². The molecule has 0 saturated heterocycles. The molecule has 248 valence electrons. The van der Waals surface area contributed by atoms with Gasteiger partial charge in [0.05, 0.1) is 11.0 Å². The molecule has 0 amide bonds. The number of hydrogen-bond donors (Lipinski definition) is 0. The predicted octanol–water partition coefficient (Wildman–Crippen LogP) is 12.5. The van der Waals surface area contributed by atoms with Crippen molar-refractivity contribution in [3.63, 3.8) is 0 Å². The maximum absolute atomic E-state index is 5.17. The molecule has 8 aromatic carbocycles. The first-order valence-corrected chi connectivity index (χ1v) is 17.9. The minimum atomic E-state index is 0.622. The Morgan fingerprint density at radius 2 is 0.698 bits per heavy atom. The highest BCUT2D eigenvalue weighted by molar-refractivity contribution is 6.09. The van der Waals surface area contributed by atoms with Crippen LogP contribution in [0.15, 0.2) is 194 Å². The maximum atomic E-state index is 5.17. The van der Waals surface area contributed by atoms with E-state index in [-0.39, 0.29) is 0 Å². The molecule has 0 bridgehead atoms. The second-order valence-electron chi connectivity index (χ2n) is 13.3. The Labute approximate surface area is 307 Å². The average molecular weight is 677 g/mol. The third kappa shape index (κ3) is 5.63. The lowest BCUT2D eigenvalue weighted by atomic mass is 10.00. The van der Waals surface area contributed by atoms with Crippen LogP contribution in [0, 0.1) is 0 Å². The lowest BCUT2D eigenvalue weighted by molar-refractivity contribution is 1.07. The molecule has 0 aliphatic heterocycles. The quantitative estimate of drug-likeness (QED) is 0.176. The zero-order valence-corrected chi connectivity index (χ0v) is 28.8. The van der Waals surface area contributed by atoms with Gasteiger partial charge in [-0.05, 0) is 75.5 Å². The van der Waals surface area contributed by atoms with E-state index < -0.39 is 0 Å². The summed E-state index contributed by atoms with van der Waals surface area (Å²) in [6, 6.07) is 68.1. The molecule has 0 atom stereocenters. The first kappa shape index (κ1) is 30.6. The lowest BCUT2D eigenvalue weighted by Gasteiger charge is -2.12. The van der Waals surface area contributed by atoms with Gasteiger partial charge in [-0.1, -0.05) is 152 Å². The van der Waals surface area contributed by atoms with E-state index in [1.807, 2.05) is 12.1 Å². The van der Waals surface area contributed by atoms with Crippen LogP contribution in [0.1, 0.15) is 0 Å². The van der Waals surface area contributed by atoms with E-state index in [0.717, 1.165) is 49.9 Å². The van der Waals surface area contributed by atoms with E-state index in [9.17, 15) is 0 Å². The fraction of sp³-hybridized carbons (Fsp3) is 0. The van der Waals surface area contributed by atoms with Crippen LogP contribution >= 0.6 is 0 Å². The highest BCUT2D eigenvalue weighted by Gasteiger charge is 2.16. The standard InChI is InChI=1S/C49H32N4/c1-3-13-33(14-4-1)35-17-11-18-39(30-35)47-50-48(40-19-12-20-42(32-40)53-45-23-9-7-21-43(45)44-22-8-10-24-46(44)53)52-49(51-47)41-28-27-37-29-36(25-26-38(37)31-41)34-15-5-2-6-16-34/h1-32H. The topological polar surface area (TPSA) is 43.6 Å². The molecule has 4 heteroatoms. The van der Waals surface area contributed by atoms with Gasteiger partial charge in [0.15, 0.2) is 17.5 Å². The lowest BCUT2D eigenvalue weighted by Crippen LogP contribution is -2.01. The van der Waals surface area contributed by atoms with Crippen LogP contribution in [-0.2, 0) is 0 Å². The number of hydrogen-bond acceptors (Lipinski definition) is 3. The molecule has 0 fully saturated rings. The molecule has 4 nitrogen and oxygen atoms in total. The van der Waals surface area contributed by atoms with E-state index in [0.29, 0.717) is 17.5 Å². The fourth-order valence-electron chi connectivity index (χ4n) is 7.41. The summed E-state index contributed by atoms with van der Waals surface area (Å²) in [5, 5.41) is 4.75. The third-order valence-electron chi connectivity index (χ3n) is 10.0. The summed E-state index contributed by atoms with van der Waals surface area (Å²) in [7, 11) is 0. The van der Waals surface area contributed by atoms with E-state index >= 15 is 0 Å². The molecule has 0 N–H and O–H groups in total. The SMILES string of the molecule is c1ccc(-c2cccc(-c3nc(-c4cccc(-n5c6ccccc6c6ccccc65)c4)nc(-c4ccc5cc(-c6ccccc6)ccc5c4)n3)c2)cc1. The van der Waals surface area contributed by atoms with Crippen molar-refractivity contribution in [2.24, 2.45) is 0 Å². The molecule has 0 aliphatic rings. The largest absolute Gasteiger partial charge is 0.309 e. The molecule has 2 aromatic heterocycles. The summed E-state index contributed by atoms with van der Waals surface area (Å²) in [5.41, 5.74) is 10.8. The van der Waals surface area contributed by atoms with E-state index in [4.69, 9.17) is 15.0 Å². The molecular formula is C49H32N4. The van der Waals surface area contributed by atoms with Crippen LogP contribution in [0.2, 0.25) is 0 Å². The Morgan fingerprint density at radius 1 is 0.283 bits per heavy atom. The van der Waals surface area contributed by atoms with Gasteiger partial charge in [-0.15, -0.1) is 0 Å². The first-order chi connectivity index (χ1) is 26.2. The van der Waals surface area contributed by atoms with Gasteiger partial charge >= 0.3 is 0 Å². The molecule has 0 saturated carbocycles. The van der Waals surface area contributed by atoms with Gasteiger partial charge in [-0.2, -0.15) is 0 Å². The van der Waals surface area contributed by atoms with Crippen LogP contribution in [0.3, 0.4) is 0 Å². The van der Waals surface area contributed by atoms with Crippen molar-refractivity contribution in [1.29, 1.82) is 0 Å². The van der Waals surface area contributed by atoms with Crippen molar-refractivity contribution in [2.75, 3.05) is 0 Å². The summed E-state index contributed by atoms with van der Waals surface area (Å²) < 4.78 is 2.33. The first-order valence-electron chi connectivity index (χ1n) is 17.9. The van der Waals surface area contributed by atoms with Crippen molar-refractivity contribution in [3.05, 3.63) is 194 Å². The van der Waals surface area contributed by atoms with Crippen molar-refractivity contribution < 1.29 is 0 Å². The zero-order valence-electron chi connectivity index (χ0n) is 28.8. The molecule has 53 heavy (non-hydrogen) atoms. The maximum Gasteiger partial charge on any atom is 0.164 e. The van der Waals surface area contributed by atoms with Gasteiger partial charge in [0.2, 0.25) is 0 Å². The second-order valence-corrected chi connectivity index (χ2v) is 13.3. The minimum absolute atomic E-state index is 0.622. The normalized spacial score (nSPS) is 11.4. The Kier molecular flexibility index (Phi) is 7.43. The molecule has 0 aliphatic carbocycles. The summed E-state index contributed by atoms with van der Waals surface area (Å²) in [5.74, 6) is 1.88. The highest BCUT2D eigenvalue weighted by atomic mass is 15.0. The van der Waals surface area contributed by atoms with Gasteiger partial charge in [-0.3, -0.25) is 0 Å². The average Bonchev–Trinajstić information content (AvgIpc) is 3.58. The second kappa shape index (κ2) is 12.9. The Hall–Kier alpha value is -7.17. The molecule has 0 unspecified atom stereocenters. The molecule has 0 spiro atoms. The minimum Gasteiger partial charge on any atom is -0.309 e. The summed E-state index contributed by atoms with van der Waals surface area (Å²) >= 11 is 0. The van der Waals surface area contributed by atoms with Crippen LogP contribution in [-0.4, -0.2) is 19.5 Å². The van der Waals surface area contributed by atoms with Gasteiger partial charge in [0.1, 0.15) is 0 Å². The molecule has 10 aromatic rings. The number of aromatic nitrogens is 4. The third-order valence-corrected chi connectivity index (χ3v) is 10.0. The van der Waals surface area contributed by atoms with Crippen molar-refractivity contribution in [3.8, 4) is 62.1 Å². The van der Waals surface area contributed by atoms with Gasteiger partial charge in [-0.25, -0.2) is 15.0 Å². The molecule has 2 heterocycles. The monoisotopic (exact) mass is 676 g/mol. The van der Waals surface area contributed by atoms with E-state index in [1.54, 1.807) is 0 Å². The van der Waals surface area contributed by atoms with E-state index in [2.05, 4.69) is 187 Å². The molecule has 10 rings (SSSR count). The summed E-state index contributed by atoms with van der Waals surface area (Å²) in [6.45, 7) is 0. The van der Waals surface area contributed by atoms with Crippen molar-refractivity contribution in [1.82, 2.24) is 19.5 Å². The highest BCUT2D eigenvalue weighted by Crippen LogP contribution is 2.34. The van der Waals surface area contributed by atoms with Crippen molar-refractivity contribution >= 4 is 32.6 Å². The van der Waals surface area contributed by atoms with Gasteiger partial charge < -0.3 is 4.57 Å². The number of benzene rings is 8. The number of rotatable bonds is 6. The number of para-hydroxylation sites is 2. The molecular weight excluding hydrogens is 645 g/mol. The van der Waals surface area contributed by atoms with Crippen LogP contribution in [0.25, 0.3) is 94.7 Å². The predicted molar refractivity (Wildman–Crippen MR) is 219 cm³/mol. The van der Waals surface area contributed by atoms with Crippen molar-refractivity contribution in [2.45, 2.75) is 0 Å². The Bertz CT molecular complexity index is 2890. The fourth-order valence-corrected chi connectivity index (χ4v) is 7.41. The van der Waals surface area contributed by atoms with Gasteiger partial charge in [0.25, 0.3) is 0 Å². The van der Waals surface area contributed by atoms with E-state index in [1.165, 1.54) is 27.3 Å². The van der Waals surface area contributed by atoms with Gasteiger partial charge in [0, 0.05) is 33.2 Å². The van der Waals surface area contributed by atoms with Crippen LogP contribution in [0.5, 0.6) is 0 Å². The number of nitrogens with zero attached hydrogens (tertiary/aromatic N) is 4. The summed E-state index contributed by atoms with van der Waals surface area (Å²) in [4.78, 5) is 15.5. The zero-order chi connectivity index (χ0) is 35.1. The smallest absolute Gasteiger partial charge is 0.164 e. The summed E-state index contributed by atoms with van der Waals surface area (Å²) in [6.07, 6.45) is 0. The van der Waals surface area contributed by atoms with Crippen LogP contribution in [0.4, 0.5) is 0 Å². The molecule has 0 radical (unpaired) electrons.